The minimum atomic E-state index is -2.24. The molecule has 2 fully saturated rings. The van der Waals surface area contributed by atoms with E-state index in [1.54, 1.807) is 0 Å². The summed E-state index contributed by atoms with van der Waals surface area (Å²) in [4.78, 5) is 55.0. The van der Waals surface area contributed by atoms with Crippen LogP contribution in [0.4, 0.5) is 0 Å². The second kappa shape index (κ2) is 30.9. The number of halogens is 3. The topological polar surface area (TPSA) is 124 Å². The Morgan fingerprint density at radius 2 is 1.29 bits per heavy atom. The van der Waals surface area contributed by atoms with Crippen molar-refractivity contribution in [3.8, 4) is 0 Å². The molecule has 5 unspecified atom stereocenters. The zero-order valence-corrected chi connectivity index (χ0v) is 32.8. The molecule has 2 aliphatic rings. The van der Waals surface area contributed by atoms with Gasteiger partial charge in [-0.15, -0.1) is 0 Å². The molecule has 0 amide bonds. The molecule has 0 aromatic carbocycles. The summed E-state index contributed by atoms with van der Waals surface area (Å²) in [5, 5.41) is 9.78. The maximum absolute atomic E-state index is 11.6. The molecule has 8 nitrogen and oxygen atoms in total. The summed E-state index contributed by atoms with van der Waals surface area (Å²) in [6, 6.07) is 0. The summed E-state index contributed by atoms with van der Waals surface area (Å²) in [6.07, 6.45) is 14.9. The summed E-state index contributed by atoms with van der Waals surface area (Å²) in [5.41, 5.74) is 15.1. The van der Waals surface area contributed by atoms with E-state index < -0.39 is 30.7 Å². The van der Waals surface area contributed by atoms with Crippen LogP contribution in [0.1, 0.15) is 104 Å². The Hall–Kier alpha value is 1.22. The summed E-state index contributed by atoms with van der Waals surface area (Å²) in [7, 11) is 2.80. The third-order valence-electron chi connectivity index (χ3n) is 7.61. The number of Topliss-reactive ketones (excluding diaryl/α,β-unsaturated/α-hetero) is 1. The normalized spacial score (nSPS) is 22.1. The Balaban J connectivity index is -0.000000296. The molecule has 0 aromatic heterocycles. The van der Waals surface area contributed by atoms with E-state index in [4.69, 9.17) is 16.9 Å². The van der Waals surface area contributed by atoms with E-state index in [1.165, 1.54) is 14.2 Å². The Bertz CT molecular complexity index is 758. The van der Waals surface area contributed by atoms with Crippen LogP contribution >= 0.6 is 16.9 Å². The van der Waals surface area contributed by atoms with Crippen molar-refractivity contribution in [2.75, 3.05) is 14.2 Å². The van der Waals surface area contributed by atoms with E-state index in [0.29, 0.717) is 19.3 Å². The molecule has 0 aromatic rings. The number of hydrogen-bond acceptors (Lipinski definition) is 8. The largest absolute Gasteiger partial charge is 1.00 e. The SMILES string of the molecule is COC(=O)CCCCCCC1C(=O)CCC1C=O.COC(=O)CCCCCCC1C(O)CCC1C=O.[B].[Cl][Ce]([Cl])[Cl].[H-].[Na+]. The van der Waals surface area contributed by atoms with Gasteiger partial charge in [0.2, 0.25) is 0 Å². The van der Waals surface area contributed by atoms with Crippen molar-refractivity contribution >= 4 is 55.6 Å². The Labute approximate surface area is 299 Å². The van der Waals surface area contributed by atoms with Crippen LogP contribution < -0.4 is 29.6 Å². The smallest absolute Gasteiger partial charge is 1.00 e. The zero-order chi connectivity index (χ0) is 30.3. The quantitative estimate of drug-likeness (QED) is 0.110. The number of rotatable bonds is 16. The van der Waals surface area contributed by atoms with Gasteiger partial charge in [0.15, 0.2) is 0 Å². The van der Waals surface area contributed by atoms with Crippen molar-refractivity contribution in [2.24, 2.45) is 23.7 Å². The average molecular weight is 792 g/mol. The molecule has 5 atom stereocenters. The molecule has 2 saturated carbocycles. The standard InChI is InChI=1S/C14H24O4.C14H22O4.B.Ce.3ClH.Na.H/c2*1-18-14(17)7-5-3-2-4-6-12-11(10-15)8-9-13(12)16;;;;;;;/h10-13,16H,2-9H2,1H3;10-12H,2-9H2,1H3;;;3*1H;;/q;;;+3;;;;+1;-1/p-3. The first-order valence-corrected chi connectivity index (χ1v) is 26.0. The fourth-order valence-corrected chi connectivity index (χ4v) is 5.32. The number of ketones is 1. The van der Waals surface area contributed by atoms with Crippen LogP contribution in [0, 0.1) is 54.3 Å². The first kappa shape index (κ1) is 47.6. The van der Waals surface area contributed by atoms with Gasteiger partial charge in [-0.2, -0.15) is 0 Å². The van der Waals surface area contributed by atoms with Gasteiger partial charge in [0.05, 0.1) is 20.3 Å². The summed E-state index contributed by atoms with van der Waals surface area (Å²) >= 11 is -2.24. The Morgan fingerprint density at radius 3 is 1.74 bits per heavy atom. The monoisotopic (exact) mass is 790 g/mol. The van der Waals surface area contributed by atoms with E-state index in [9.17, 15) is 29.1 Å². The number of esters is 2. The van der Waals surface area contributed by atoms with Crippen LogP contribution in [0.2, 0.25) is 0 Å². The van der Waals surface area contributed by atoms with Crippen LogP contribution in [-0.4, -0.2) is 64.1 Å². The van der Waals surface area contributed by atoms with E-state index in [-0.39, 0.29) is 86.9 Å². The van der Waals surface area contributed by atoms with Crippen LogP contribution in [0.5, 0.6) is 0 Å². The van der Waals surface area contributed by atoms with Gasteiger partial charge < -0.3 is 25.6 Å². The van der Waals surface area contributed by atoms with E-state index in [2.05, 4.69) is 9.47 Å². The molecule has 0 heterocycles. The summed E-state index contributed by atoms with van der Waals surface area (Å²) in [5.74, 6) is 0.0553. The number of unbranched alkanes of at least 4 members (excludes halogenated alkanes) is 6. The van der Waals surface area contributed by atoms with Crippen LogP contribution in [0.25, 0.3) is 0 Å². The van der Waals surface area contributed by atoms with E-state index in [0.717, 1.165) is 96.0 Å². The molecule has 0 aliphatic heterocycles. The molecule has 42 heavy (non-hydrogen) atoms. The number of carbonyl (C=O) groups is 5. The predicted molar refractivity (Wildman–Crippen MR) is 159 cm³/mol. The van der Waals surface area contributed by atoms with Crippen molar-refractivity contribution in [2.45, 2.75) is 109 Å². The molecule has 236 valence electrons. The van der Waals surface area contributed by atoms with E-state index in [1.807, 2.05) is 0 Å². The number of aliphatic hydroxyl groups is 1. The van der Waals surface area contributed by atoms with Gasteiger partial charge >= 0.3 is 89.0 Å². The zero-order valence-electron chi connectivity index (χ0n) is 26.4. The fraction of sp³-hybridized carbons (Fsp3) is 0.821. The minimum Gasteiger partial charge on any atom is -1.00 e. The van der Waals surface area contributed by atoms with Crippen molar-refractivity contribution in [1.82, 2.24) is 0 Å². The van der Waals surface area contributed by atoms with Gasteiger partial charge in [-0.1, -0.05) is 38.5 Å². The van der Waals surface area contributed by atoms with Gasteiger partial charge in [-0.05, 0) is 50.9 Å². The average Bonchev–Trinajstić information content (AvgIpc) is 3.48. The predicted octanol–water partition coefficient (Wildman–Crippen LogP) is 3.18. The number of hydrogen-bond donors (Lipinski definition) is 1. The van der Waals surface area contributed by atoms with Crippen LogP contribution in [0.15, 0.2) is 0 Å². The summed E-state index contributed by atoms with van der Waals surface area (Å²) in [6.45, 7) is 0. The molecule has 1 N–H and O–H groups in total. The number of aliphatic hydroxyl groups excluding tert-OH is 1. The van der Waals surface area contributed by atoms with Gasteiger partial charge in [-0.3, -0.25) is 14.4 Å². The number of ether oxygens (including phenoxy) is 2. The molecule has 2 rings (SSSR count). The maximum atomic E-state index is 11.6. The molecular weight excluding hydrogens is 745 g/mol. The number of aldehydes is 2. The van der Waals surface area contributed by atoms with Crippen molar-refractivity contribution in [3.05, 3.63) is 0 Å². The maximum Gasteiger partial charge on any atom is 1.00 e. The Morgan fingerprint density at radius 1 is 0.833 bits per heavy atom. The molecule has 0 saturated heterocycles. The number of carbonyl (C=O) groups excluding carboxylic acids is 5. The fourth-order valence-electron chi connectivity index (χ4n) is 5.32. The first-order chi connectivity index (χ1) is 19.1. The number of methoxy groups -OCH3 is 2. The third kappa shape index (κ3) is 23.5. The van der Waals surface area contributed by atoms with Crippen molar-refractivity contribution in [1.29, 1.82) is 0 Å². The molecule has 0 bridgehead atoms. The molecular formula is C28H47BCeCl3NaO8. The Kier molecular flexibility index (Phi) is 35.0. The van der Waals surface area contributed by atoms with Crippen LogP contribution in [0.3, 0.4) is 0 Å². The van der Waals surface area contributed by atoms with E-state index >= 15 is 0 Å². The molecule has 14 heteroatoms. The molecule has 3 radical (unpaired) electrons. The first-order valence-electron chi connectivity index (χ1n) is 14.2. The second-order valence-electron chi connectivity index (χ2n) is 10.3. The molecule has 0 spiro atoms. The van der Waals surface area contributed by atoms with Crippen LogP contribution in [-0.2, 0) is 33.4 Å². The third-order valence-corrected chi connectivity index (χ3v) is 7.61. The summed E-state index contributed by atoms with van der Waals surface area (Å²) < 4.78 is 9.13. The van der Waals surface area contributed by atoms with Gasteiger partial charge in [0.1, 0.15) is 18.4 Å². The second-order valence-corrected chi connectivity index (χ2v) is 24.1. The van der Waals surface area contributed by atoms with Gasteiger partial charge in [0.25, 0.3) is 0 Å². The van der Waals surface area contributed by atoms with Crippen molar-refractivity contribution < 1.29 is 100 Å². The minimum absolute atomic E-state index is 0. The van der Waals surface area contributed by atoms with Gasteiger partial charge in [0, 0.05) is 45.4 Å². The van der Waals surface area contributed by atoms with Crippen molar-refractivity contribution in [3.63, 3.8) is 0 Å². The molecule has 2 aliphatic carbocycles. The van der Waals surface area contributed by atoms with Gasteiger partial charge in [-0.25, -0.2) is 0 Å².